The SMILES string of the molecule is CCCCCCCCCCC/C(C)=N\OC. The number of unbranched alkanes of at least 4 members (excludes halogenated alkanes) is 8. The van der Waals surface area contributed by atoms with Crippen LogP contribution in [0.25, 0.3) is 0 Å². The molecule has 0 aromatic carbocycles. The molecule has 0 N–H and O–H groups in total. The molecule has 96 valence electrons. The summed E-state index contributed by atoms with van der Waals surface area (Å²) in [4.78, 5) is 4.72. The number of rotatable bonds is 11. The summed E-state index contributed by atoms with van der Waals surface area (Å²) in [6.45, 7) is 4.30. The maximum atomic E-state index is 4.72. The van der Waals surface area contributed by atoms with Crippen molar-refractivity contribution in [1.82, 2.24) is 0 Å². The Kier molecular flexibility index (Phi) is 12.1. The van der Waals surface area contributed by atoms with Gasteiger partial charge >= 0.3 is 0 Å². The summed E-state index contributed by atoms with van der Waals surface area (Å²) in [5.74, 6) is 0. The molecule has 0 unspecified atom stereocenters. The molecule has 0 fully saturated rings. The lowest BCUT2D eigenvalue weighted by Gasteiger charge is -2.02. The summed E-state index contributed by atoms with van der Waals surface area (Å²) in [6.07, 6.45) is 13.5. The van der Waals surface area contributed by atoms with Gasteiger partial charge in [0.1, 0.15) is 7.11 Å². The molecule has 0 radical (unpaired) electrons. The standard InChI is InChI=1S/C14H29NO/c1-4-5-6-7-8-9-10-11-12-13-14(2)15-16-3/h4-13H2,1-3H3/b15-14-. The van der Waals surface area contributed by atoms with Crippen molar-refractivity contribution in [1.29, 1.82) is 0 Å². The van der Waals surface area contributed by atoms with Crippen LogP contribution in [0.15, 0.2) is 5.16 Å². The third-order valence-corrected chi connectivity index (χ3v) is 2.89. The van der Waals surface area contributed by atoms with Crippen LogP contribution in [-0.2, 0) is 4.84 Å². The predicted molar refractivity (Wildman–Crippen MR) is 72.0 cm³/mol. The van der Waals surface area contributed by atoms with Crippen LogP contribution in [0.1, 0.15) is 78.1 Å². The summed E-state index contributed by atoms with van der Waals surface area (Å²) in [5, 5.41) is 3.91. The Morgan fingerprint density at radius 1 is 0.875 bits per heavy atom. The molecule has 2 nitrogen and oxygen atoms in total. The highest BCUT2D eigenvalue weighted by Crippen LogP contribution is 2.10. The third kappa shape index (κ3) is 11.5. The van der Waals surface area contributed by atoms with Gasteiger partial charge in [0.25, 0.3) is 0 Å². The second kappa shape index (κ2) is 12.5. The van der Waals surface area contributed by atoms with Gasteiger partial charge in [0.05, 0.1) is 5.71 Å². The fourth-order valence-electron chi connectivity index (χ4n) is 1.89. The van der Waals surface area contributed by atoms with Crippen LogP contribution in [0.2, 0.25) is 0 Å². The number of nitrogens with zero attached hydrogens (tertiary/aromatic N) is 1. The van der Waals surface area contributed by atoms with E-state index in [1.165, 1.54) is 57.8 Å². The highest BCUT2D eigenvalue weighted by Gasteiger charge is 1.94. The van der Waals surface area contributed by atoms with Crippen LogP contribution >= 0.6 is 0 Å². The van der Waals surface area contributed by atoms with Crippen LogP contribution < -0.4 is 0 Å². The third-order valence-electron chi connectivity index (χ3n) is 2.89. The van der Waals surface area contributed by atoms with Crippen molar-refractivity contribution < 1.29 is 4.84 Å². The second-order valence-corrected chi connectivity index (χ2v) is 4.59. The summed E-state index contributed by atoms with van der Waals surface area (Å²) in [5.41, 5.74) is 1.12. The Labute approximate surface area is 101 Å². The number of oxime groups is 1. The topological polar surface area (TPSA) is 21.6 Å². The van der Waals surface area contributed by atoms with Crippen LogP contribution in [-0.4, -0.2) is 12.8 Å². The van der Waals surface area contributed by atoms with Crippen LogP contribution in [0.3, 0.4) is 0 Å². The first-order chi connectivity index (χ1) is 7.81. The minimum absolute atomic E-state index is 1.09. The Morgan fingerprint density at radius 3 is 1.88 bits per heavy atom. The summed E-state index contributed by atoms with van der Waals surface area (Å²) in [6, 6.07) is 0. The van der Waals surface area contributed by atoms with E-state index in [9.17, 15) is 0 Å². The molecule has 0 aliphatic rings. The first-order valence-corrected chi connectivity index (χ1v) is 6.88. The average Bonchev–Trinajstić information content (AvgIpc) is 2.27. The summed E-state index contributed by atoms with van der Waals surface area (Å²) < 4.78 is 0. The van der Waals surface area contributed by atoms with Crippen molar-refractivity contribution >= 4 is 5.71 Å². The van der Waals surface area contributed by atoms with Gasteiger partial charge in [-0.2, -0.15) is 0 Å². The van der Waals surface area contributed by atoms with Crippen LogP contribution in [0.5, 0.6) is 0 Å². The minimum Gasteiger partial charge on any atom is -0.399 e. The van der Waals surface area contributed by atoms with Gasteiger partial charge in [-0.05, 0) is 19.8 Å². The molecule has 2 heteroatoms. The molecule has 0 aliphatic carbocycles. The van der Waals surface area contributed by atoms with Crippen LogP contribution in [0, 0.1) is 0 Å². The Morgan fingerprint density at radius 2 is 1.38 bits per heavy atom. The molecular weight excluding hydrogens is 198 g/mol. The zero-order valence-corrected chi connectivity index (χ0v) is 11.4. The number of hydrogen-bond acceptors (Lipinski definition) is 2. The Balaban J connectivity index is 3.07. The van der Waals surface area contributed by atoms with E-state index in [-0.39, 0.29) is 0 Å². The van der Waals surface area contributed by atoms with Gasteiger partial charge in [0, 0.05) is 0 Å². The minimum atomic E-state index is 1.09. The lowest BCUT2D eigenvalue weighted by atomic mass is 10.1. The zero-order chi connectivity index (χ0) is 12.1. The molecule has 0 saturated heterocycles. The number of hydrogen-bond donors (Lipinski definition) is 0. The first-order valence-electron chi connectivity index (χ1n) is 6.88. The predicted octanol–water partition coefficient (Wildman–Crippen LogP) is 4.93. The van der Waals surface area contributed by atoms with E-state index >= 15 is 0 Å². The monoisotopic (exact) mass is 227 g/mol. The van der Waals surface area contributed by atoms with Gasteiger partial charge < -0.3 is 4.84 Å². The smallest absolute Gasteiger partial charge is 0.106 e. The lowest BCUT2D eigenvalue weighted by molar-refractivity contribution is 0.212. The molecule has 0 spiro atoms. The highest BCUT2D eigenvalue weighted by molar-refractivity contribution is 5.81. The Hall–Kier alpha value is -0.530. The maximum Gasteiger partial charge on any atom is 0.106 e. The van der Waals surface area contributed by atoms with Gasteiger partial charge in [-0.15, -0.1) is 0 Å². The van der Waals surface area contributed by atoms with E-state index in [2.05, 4.69) is 12.1 Å². The van der Waals surface area contributed by atoms with Crippen molar-refractivity contribution in [3.8, 4) is 0 Å². The van der Waals surface area contributed by atoms with Gasteiger partial charge in [-0.3, -0.25) is 0 Å². The largest absolute Gasteiger partial charge is 0.399 e. The average molecular weight is 227 g/mol. The Bertz CT molecular complexity index is 166. The van der Waals surface area contributed by atoms with Crippen molar-refractivity contribution in [2.45, 2.75) is 78.1 Å². The summed E-state index contributed by atoms with van der Waals surface area (Å²) in [7, 11) is 1.61. The molecule has 0 aromatic heterocycles. The van der Waals surface area contributed by atoms with Crippen molar-refractivity contribution in [3.63, 3.8) is 0 Å². The quantitative estimate of drug-likeness (QED) is 0.278. The molecule has 0 amide bonds. The van der Waals surface area contributed by atoms with E-state index in [4.69, 9.17) is 4.84 Å². The van der Waals surface area contributed by atoms with Crippen molar-refractivity contribution in [3.05, 3.63) is 0 Å². The van der Waals surface area contributed by atoms with Gasteiger partial charge in [-0.25, -0.2) is 0 Å². The van der Waals surface area contributed by atoms with Gasteiger partial charge in [-0.1, -0.05) is 63.4 Å². The first kappa shape index (κ1) is 15.5. The molecule has 16 heavy (non-hydrogen) atoms. The molecule has 0 saturated carbocycles. The van der Waals surface area contributed by atoms with E-state index in [1.54, 1.807) is 7.11 Å². The van der Waals surface area contributed by atoms with Crippen molar-refractivity contribution in [2.75, 3.05) is 7.11 Å². The lowest BCUT2D eigenvalue weighted by Crippen LogP contribution is -1.92. The zero-order valence-electron chi connectivity index (χ0n) is 11.4. The molecule has 0 aliphatic heterocycles. The van der Waals surface area contributed by atoms with Crippen LogP contribution in [0.4, 0.5) is 0 Å². The normalized spacial score (nSPS) is 11.8. The molecular formula is C14H29NO. The van der Waals surface area contributed by atoms with E-state index < -0.39 is 0 Å². The molecule has 0 atom stereocenters. The van der Waals surface area contributed by atoms with E-state index in [0.717, 1.165) is 12.1 Å². The van der Waals surface area contributed by atoms with Gasteiger partial charge in [0.2, 0.25) is 0 Å². The van der Waals surface area contributed by atoms with Gasteiger partial charge in [0.15, 0.2) is 0 Å². The molecule has 0 rings (SSSR count). The maximum absolute atomic E-state index is 4.72. The highest BCUT2D eigenvalue weighted by atomic mass is 16.6. The fraction of sp³-hybridized carbons (Fsp3) is 0.929. The fourth-order valence-corrected chi connectivity index (χ4v) is 1.89. The molecule has 0 aromatic rings. The molecule has 0 bridgehead atoms. The van der Waals surface area contributed by atoms with E-state index in [1.807, 2.05) is 6.92 Å². The second-order valence-electron chi connectivity index (χ2n) is 4.59. The molecule has 0 heterocycles. The van der Waals surface area contributed by atoms with Crippen molar-refractivity contribution in [2.24, 2.45) is 5.16 Å². The summed E-state index contributed by atoms with van der Waals surface area (Å²) >= 11 is 0. The van der Waals surface area contributed by atoms with E-state index in [0.29, 0.717) is 0 Å².